The van der Waals surface area contributed by atoms with Crippen molar-refractivity contribution in [2.45, 2.75) is 24.0 Å². The van der Waals surface area contributed by atoms with Crippen LogP contribution in [0, 0.1) is 5.82 Å². The van der Waals surface area contributed by atoms with Crippen LogP contribution in [0.5, 0.6) is 0 Å². The number of piperazine rings is 1. The lowest BCUT2D eigenvalue weighted by atomic mass is 9.99. The number of pyridine rings is 1. The van der Waals surface area contributed by atoms with Crippen LogP contribution in [0.3, 0.4) is 0 Å². The van der Waals surface area contributed by atoms with Crippen LogP contribution in [0.2, 0.25) is 0 Å². The highest BCUT2D eigenvalue weighted by Crippen LogP contribution is 2.31. The highest BCUT2D eigenvalue weighted by molar-refractivity contribution is 7.78. The summed E-state index contributed by atoms with van der Waals surface area (Å²) in [6, 6.07) is 12.1. The Kier molecular flexibility index (Phi) is 7.32. The van der Waals surface area contributed by atoms with Crippen LogP contribution >= 0.6 is 0 Å². The molecule has 10 heteroatoms. The molecule has 1 atom stereocenters. The number of thiol groups is 1. The molecule has 2 aromatic carbocycles. The predicted octanol–water partition coefficient (Wildman–Crippen LogP) is 4.34. The fourth-order valence-electron chi connectivity index (χ4n) is 4.64. The number of hydrogen-bond acceptors (Lipinski definition) is 4. The zero-order valence-electron chi connectivity index (χ0n) is 19.9. The summed E-state index contributed by atoms with van der Waals surface area (Å²) < 4.78 is 54.4. The van der Waals surface area contributed by atoms with Gasteiger partial charge in [0.1, 0.15) is 17.9 Å². The minimum Gasteiger partial charge on any atom is -0.374 e. The Morgan fingerprint density at radius 1 is 1.06 bits per heavy atom. The molecule has 0 bridgehead atoms. The lowest BCUT2D eigenvalue weighted by Crippen LogP contribution is -2.50. The van der Waals surface area contributed by atoms with Crippen LogP contribution < -0.4 is 15.8 Å². The second kappa shape index (κ2) is 10.1. The van der Waals surface area contributed by atoms with Gasteiger partial charge in [-0.15, -0.1) is 0 Å². The molecule has 4 rings (SSSR count). The van der Waals surface area contributed by atoms with E-state index in [0.29, 0.717) is 29.9 Å². The molecular formula is C25H29F4N4OS+. The van der Waals surface area contributed by atoms with E-state index in [1.807, 2.05) is 48.4 Å². The van der Waals surface area contributed by atoms with Gasteiger partial charge in [-0.05, 0) is 48.2 Å². The van der Waals surface area contributed by atoms with Gasteiger partial charge in [0.15, 0.2) is 4.90 Å². The molecule has 1 saturated heterocycles. The lowest BCUT2D eigenvalue weighted by Gasteiger charge is -2.37. The summed E-state index contributed by atoms with van der Waals surface area (Å²) in [6.07, 6.45) is -2.21. The highest BCUT2D eigenvalue weighted by atomic mass is 32.2. The van der Waals surface area contributed by atoms with Crippen LogP contribution in [0.4, 0.5) is 29.1 Å². The van der Waals surface area contributed by atoms with E-state index >= 15 is 0 Å². The molecular weight excluding hydrogens is 480 g/mol. The van der Waals surface area contributed by atoms with Gasteiger partial charge in [0.05, 0.1) is 17.6 Å². The maximum absolute atomic E-state index is 14.6. The van der Waals surface area contributed by atoms with Crippen molar-refractivity contribution >= 4 is 34.0 Å². The number of benzene rings is 2. The van der Waals surface area contributed by atoms with Gasteiger partial charge in [-0.3, -0.25) is 14.3 Å². The van der Waals surface area contributed by atoms with E-state index in [1.165, 1.54) is 21.6 Å². The molecule has 1 aliphatic heterocycles. The first-order valence-corrected chi connectivity index (χ1v) is 12.7. The van der Waals surface area contributed by atoms with Crippen molar-refractivity contribution in [2.75, 3.05) is 49.2 Å². The topological polar surface area (TPSA) is 40.5 Å². The molecule has 0 aliphatic carbocycles. The van der Waals surface area contributed by atoms with E-state index in [2.05, 4.69) is 5.32 Å². The van der Waals surface area contributed by atoms with E-state index in [0.717, 1.165) is 22.3 Å². The Morgan fingerprint density at radius 2 is 1.74 bits per heavy atom. The van der Waals surface area contributed by atoms with Crippen molar-refractivity contribution < 1.29 is 17.6 Å². The number of alkyl halides is 3. The first-order valence-electron chi connectivity index (χ1n) is 11.4. The molecule has 188 valence electrons. The Labute approximate surface area is 205 Å². The van der Waals surface area contributed by atoms with Crippen molar-refractivity contribution in [2.24, 2.45) is 7.05 Å². The van der Waals surface area contributed by atoms with E-state index in [4.69, 9.17) is 0 Å². The van der Waals surface area contributed by atoms with E-state index in [-0.39, 0.29) is 30.1 Å². The average Bonchev–Trinajstić information content (AvgIpc) is 2.81. The van der Waals surface area contributed by atoms with Crippen LogP contribution in [0.15, 0.2) is 52.2 Å². The van der Waals surface area contributed by atoms with Gasteiger partial charge in [-0.25, -0.2) is 4.39 Å². The molecule has 5 nitrogen and oxygen atoms in total. The fourth-order valence-corrected chi connectivity index (χ4v) is 5.25. The molecule has 0 spiro atoms. The molecule has 0 unspecified atom stereocenters. The Hall–Kier alpha value is -2.72. The minimum atomic E-state index is -4.24. The summed E-state index contributed by atoms with van der Waals surface area (Å²) in [6.45, 7) is 2.19. The Morgan fingerprint density at radius 3 is 2.40 bits per heavy atom. The van der Waals surface area contributed by atoms with Gasteiger partial charge in [0, 0.05) is 51.0 Å². The largest absolute Gasteiger partial charge is 0.401 e. The monoisotopic (exact) mass is 509 g/mol. The molecule has 1 N–H and O–H groups in total. The maximum atomic E-state index is 14.6. The van der Waals surface area contributed by atoms with Crippen molar-refractivity contribution in [1.82, 2.24) is 9.47 Å². The van der Waals surface area contributed by atoms with Crippen molar-refractivity contribution in [3.05, 3.63) is 64.2 Å². The van der Waals surface area contributed by atoms with Gasteiger partial charge in [-0.1, -0.05) is 12.1 Å². The van der Waals surface area contributed by atoms with Gasteiger partial charge in [-0.2, -0.15) is 13.2 Å². The summed E-state index contributed by atoms with van der Waals surface area (Å²) in [5, 5.41) is 4.36. The molecule has 2 heterocycles. The second-order valence-corrected chi connectivity index (χ2v) is 9.74. The van der Waals surface area contributed by atoms with Gasteiger partial charge < -0.3 is 10.2 Å². The molecule has 0 radical (unpaired) electrons. The number of anilines is 2. The zero-order chi connectivity index (χ0) is 25.3. The van der Waals surface area contributed by atoms with E-state index in [9.17, 15) is 22.4 Å². The van der Waals surface area contributed by atoms with Gasteiger partial charge in [0.25, 0.3) is 5.56 Å². The number of halogens is 4. The van der Waals surface area contributed by atoms with Crippen LogP contribution in [0.25, 0.3) is 10.8 Å². The van der Waals surface area contributed by atoms with Crippen LogP contribution in [-0.2, 0) is 18.8 Å². The number of nitrogens with zero attached hydrogens (tertiary/aromatic N) is 3. The minimum absolute atomic E-state index is 0.243. The van der Waals surface area contributed by atoms with Crippen molar-refractivity contribution in [1.29, 1.82) is 0 Å². The third-order valence-corrected chi connectivity index (χ3v) is 7.28. The number of para-hydroxylation sites is 1. The number of fused-ring (bicyclic) bond motifs is 1. The smallest absolute Gasteiger partial charge is 0.374 e. The quantitative estimate of drug-likeness (QED) is 0.305. The standard InChI is InChI=1S/C25H28F4N4OS/c1-16(30-21-6-4-5-7-22(21)35-3)18-12-17(26)13-20-19(18)14-23(31(2)24(20)34)33-10-8-32(9-11-33)15-25(27,28)29/h4-7,12-14,16,30H,8-11,15H2,1-3H3/p+1/t16-/m1/s1. The number of rotatable bonds is 6. The molecule has 3 aromatic rings. The van der Waals surface area contributed by atoms with Crippen molar-refractivity contribution in [3.8, 4) is 0 Å². The number of aromatic nitrogens is 1. The molecule has 0 amide bonds. The first-order chi connectivity index (χ1) is 16.6. The third-order valence-electron chi connectivity index (χ3n) is 6.41. The highest BCUT2D eigenvalue weighted by Gasteiger charge is 2.32. The maximum Gasteiger partial charge on any atom is 0.401 e. The van der Waals surface area contributed by atoms with Crippen LogP contribution in [0.1, 0.15) is 18.5 Å². The number of hydrogen-bond donors (Lipinski definition) is 1. The Balaban J connectivity index is 1.69. The summed E-state index contributed by atoms with van der Waals surface area (Å²) in [5.41, 5.74) is 1.25. The average molecular weight is 510 g/mol. The summed E-state index contributed by atoms with van der Waals surface area (Å²) in [5.74, 6) is 0.121. The molecule has 0 saturated carbocycles. The predicted molar refractivity (Wildman–Crippen MR) is 135 cm³/mol. The summed E-state index contributed by atoms with van der Waals surface area (Å²) in [4.78, 5) is 17.6. The summed E-state index contributed by atoms with van der Waals surface area (Å²) >= 11 is 1.09. The molecule has 1 fully saturated rings. The van der Waals surface area contributed by atoms with Crippen LogP contribution in [-0.4, -0.2) is 54.6 Å². The van der Waals surface area contributed by atoms with Gasteiger partial charge >= 0.3 is 6.18 Å². The fraction of sp³-hybridized carbons (Fsp3) is 0.400. The summed E-state index contributed by atoms with van der Waals surface area (Å²) in [7, 11) is 1.61. The lowest BCUT2D eigenvalue weighted by molar-refractivity contribution is -0.146. The molecule has 35 heavy (non-hydrogen) atoms. The van der Waals surface area contributed by atoms with Gasteiger partial charge in [0.2, 0.25) is 0 Å². The second-order valence-electron chi connectivity index (χ2n) is 8.81. The molecule has 1 aliphatic rings. The molecule has 1 aromatic heterocycles. The third kappa shape index (κ3) is 5.59. The van der Waals surface area contributed by atoms with E-state index in [1.54, 1.807) is 7.05 Å². The first kappa shape index (κ1) is 25.4. The van der Waals surface area contributed by atoms with Crippen molar-refractivity contribution in [3.63, 3.8) is 0 Å². The SMILES string of the molecule is C[SH+]c1ccccc1N[C@H](C)c1cc(F)cc2c(=O)n(C)c(N3CCN(CC(F)(F)F)CC3)cc12. The number of nitrogens with one attached hydrogen (secondary N) is 1. The van der Waals surface area contributed by atoms with E-state index < -0.39 is 18.5 Å². The Bertz CT molecular complexity index is 1270. The normalized spacial score (nSPS) is 16.0. The zero-order valence-corrected chi connectivity index (χ0v) is 20.8.